The van der Waals surface area contributed by atoms with E-state index in [4.69, 9.17) is 0 Å². The van der Waals surface area contributed by atoms with Crippen molar-refractivity contribution in [1.82, 2.24) is 9.97 Å². The average molecular weight is 288 g/mol. The van der Waals surface area contributed by atoms with Gasteiger partial charge in [0.05, 0.1) is 0 Å². The third-order valence-electron chi connectivity index (χ3n) is 3.79. The molecule has 0 spiro atoms. The van der Waals surface area contributed by atoms with E-state index in [1.165, 1.54) is 6.07 Å². The Morgan fingerprint density at radius 2 is 1.41 bits per heavy atom. The number of rotatable bonds is 1. The number of pyridine rings is 2. The van der Waals surface area contributed by atoms with Crippen LogP contribution in [0.15, 0.2) is 70.3 Å². The molecule has 0 atom stereocenters. The molecule has 0 radical (unpaired) electrons. The molecule has 0 aliphatic rings. The summed E-state index contributed by atoms with van der Waals surface area (Å²) in [5.41, 5.74) is 2.23. The summed E-state index contributed by atoms with van der Waals surface area (Å²) >= 11 is 0. The molecule has 106 valence electrons. The standard InChI is InChI=1S/C18H12N2O2/c21-17-10-13(12-6-2-4-8-16(12)19-17)14-9-11-5-1-3-7-15(11)20-18(14)22/h1-10H,(H,19,21)(H,20,22). The Morgan fingerprint density at radius 3 is 2.27 bits per heavy atom. The Kier molecular flexibility index (Phi) is 2.69. The van der Waals surface area contributed by atoms with Crippen LogP contribution in [-0.4, -0.2) is 9.97 Å². The molecule has 2 aromatic heterocycles. The van der Waals surface area contributed by atoms with Gasteiger partial charge in [0.1, 0.15) is 0 Å². The second kappa shape index (κ2) is 4.70. The number of para-hydroxylation sites is 2. The molecule has 4 heteroatoms. The molecule has 0 amide bonds. The van der Waals surface area contributed by atoms with E-state index in [-0.39, 0.29) is 11.1 Å². The molecular formula is C18H12N2O2. The molecule has 0 saturated heterocycles. The largest absolute Gasteiger partial charge is 0.322 e. The van der Waals surface area contributed by atoms with Crippen LogP contribution in [0.3, 0.4) is 0 Å². The molecule has 22 heavy (non-hydrogen) atoms. The van der Waals surface area contributed by atoms with Crippen molar-refractivity contribution in [2.24, 2.45) is 0 Å². The number of hydrogen-bond acceptors (Lipinski definition) is 2. The summed E-state index contributed by atoms with van der Waals surface area (Å²) in [6, 6.07) is 18.4. The van der Waals surface area contributed by atoms with E-state index in [9.17, 15) is 9.59 Å². The van der Waals surface area contributed by atoms with Crippen LogP contribution in [0.4, 0.5) is 0 Å². The molecule has 0 fully saturated rings. The predicted octanol–water partition coefficient (Wildman–Crippen LogP) is 3.04. The topological polar surface area (TPSA) is 65.7 Å². The fourth-order valence-corrected chi connectivity index (χ4v) is 2.77. The van der Waals surface area contributed by atoms with Crippen LogP contribution in [0.25, 0.3) is 32.9 Å². The van der Waals surface area contributed by atoms with E-state index in [2.05, 4.69) is 9.97 Å². The molecule has 2 aromatic carbocycles. The van der Waals surface area contributed by atoms with Gasteiger partial charge in [-0.1, -0.05) is 36.4 Å². The van der Waals surface area contributed by atoms with Crippen LogP contribution >= 0.6 is 0 Å². The Morgan fingerprint density at radius 1 is 0.682 bits per heavy atom. The van der Waals surface area contributed by atoms with Crippen LogP contribution in [0, 0.1) is 0 Å². The highest BCUT2D eigenvalue weighted by Gasteiger charge is 2.10. The van der Waals surface area contributed by atoms with E-state index < -0.39 is 0 Å². The lowest BCUT2D eigenvalue weighted by Crippen LogP contribution is -2.12. The van der Waals surface area contributed by atoms with Crippen LogP contribution in [-0.2, 0) is 0 Å². The van der Waals surface area contributed by atoms with Crippen LogP contribution in [0.2, 0.25) is 0 Å². The lowest BCUT2D eigenvalue weighted by atomic mass is 10.0. The molecular weight excluding hydrogens is 276 g/mol. The van der Waals surface area contributed by atoms with Gasteiger partial charge in [0.25, 0.3) is 5.56 Å². The Balaban J connectivity index is 2.13. The zero-order valence-corrected chi connectivity index (χ0v) is 11.6. The molecule has 2 N–H and O–H groups in total. The fraction of sp³-hybridized carbons (Fsp3) is 0. The number of benzene rings is 2. The summed E-state index contributed by atoms with van der Waals surface area (Å²) in [5.74, 6) is 0. The lowest BCUT2D eigenvalue weighted by Gasteiger charge is -2.07. The first-order valence-electron chi connectivity index (χ1n) is 6.97. The van der Waals surface area contributed by atoms with Gasteiger partial charge >= 0.3 is 0 Å². The summed E-state index contributed by atoms with van der Waals surface area (Å²) in [6.45, 7) is 0. The Labute approximate surface area is 125 Å². The van der Waals surface area contributed by atoms with Gasteiger partial charge in [-0.05, 0) is 23.6 Å². The first-order chi connectivity index (χ1) is 10.7. The SMILES string of the molecule is O=c1cc(-c2cc3ccccc3[nH]c2=O)c2ccccc2[nH]1. The van der Waals surface area contributed by atoms with Gasteiger partial charge in [0, 0.05) is 33.6 Å². The second-order valence-electron chi connectivity index (χ2n) is 5.19. The molecule has 0 saturated carbocycles. The highest BCUT2D eigenvalue weighted by molar-refractivity contribution is 5.96. The van der Waals surface area contributed by atoms with Crippen LogP contribution in [0.1, 0.15) is 0 Å². The number of nitrogens with one attached hydrogen (secondary N) is 2. The van der Waals surface area contributed by atoms with Crippen molar-refractivity contribution in [1.29, 1.82) is 0 Å². The van der Waals surface area contributed by atoms with Gasteiger partial charge in [0.15, 0.2) is 0 Å². The highest BCUT2D eigenvalue weighted by atomic mass is 16.1. The van der Waals surface area contributed by atoms with Crippen LogP contribution < -0.4 is 11.1 Å². The molecule has 0 unspecified atom stereocenters. The van der Waals surface area contributed by atoms with Crippen molar-refractivity contribution in [3.63, 3.8) is 0 Å². The maximum absolute atomic E-state index is 12.4. The smallest absolute Gasteiger partial charge is 0.256 e. The zero-order valence-electron chi connectivity index (χ0n) is 11.6. The van der Waals surface area contributed by atoms with E-state index in [0.717, 1.165) is 21.8 Å². The van der Waals surface area contributed by atoms with Crippen molar-refractivity contribution >= 4 is 21.8 Å². The number of aromatic amines is 2. The van der Waals surface area contributed by atoms with Crippen molar-refractivity contribution < 1.29 is 0 Å². The number of hydrogen-bond donors (Lipinski definition) is 2. The van der Waals surface area contributed by atoms with Crippen molar-refractivity contribution in [2.45, 2.75) is 0 Å². The minimum atomic E-state index is -0.221. The normalized spacial score (nSPS) is 11.1. The number of fused-ring (bicyclic) bond motifs is 2. The molecule has 4 nitrogen and oxygen atoms in total. The molecule has 2 heterocycles. The van der Waals surface area contributed by atoms with E-state index in [1.54, 1.807) is 0 Å². The maximum atomic E-state index is 12.4. The Bertz CT molecular complexity index is 1120. The van der Waals surface area contributed by atoms with Crippen molar-refractivity contribution in [2.75, 3.05) is 0 Å². The Hall–Kier alpha value is -3.14. The molecule has 0 aliphatic carbocycles. The lowest BCUT2D eigenvalue weighted by molar-refractivity contribution is 1.28. The third-order valence-corrected chi connectivity index (χ3v) is 3.79. The average Bonchev–Trinajstić information content (AvgIpc) is 2.53. The first-order valence-corrected chi connectivity index (χ1v) is 6.97. The highest BCUT2D eigenvalue weighted by Crippen LogP contribution is 2.25. The molecule has 0 aliphatic heterocycles. The zero-order chi connectivity index (χ0) is 15.1. The van der Waals surface area contributed by atoms with E-state index in [0.29, 0.717) is 11.1 Å². The van der Waals surface area contributed by atoms with Crippen molar-refractivity contribution in [3.05, 3.63) is 81.4 Å². The third kappa shape index (κ3) is 1.93. The van der Waals surface area contributed by atoms with E-state index >= 15 is 0 Å². The van der Waals surface area contributed by atoms with Gasteiger partial charge in [-0.15, -0.1) is 0 Å². The predicted molar refractivity (Wildman–Crippen MR) is 88.1 cm³/mol. The monoisotopic (exact) mass is 288 g/mol. The van der Waals surface area contributed by atoms with Gasteiger partial charge in [0.2, 0.25) is 5.56 Å². The van der Waals surface area contributed by atoms with Gasteiger partial charge < -0.3 is 9.97 Å². The van der Waals surface area contributed by atoms with Gasteiger partial charge in [-0.2, -0.15) is 0 Å². The van der Waals surface area contributed by atoms with Crippen LogP contribution in [0.5, 0.6) is 0 Å². The summed E-state index contributed by atoms with van der Waals surface area (Å²) in [4.78, 5) is 30.0. The summed E-state index contributed by atoms with van der Waals surface area (Å²) in [6.07, 6.45) is 0. The van der Waals surface area contributed by atoms with E-state index in [1.807, 2.05) is 54.6 Å². The van der Waals surface area contributed by atoms with Gasteiger partial charge in [-0.25, -0.2) is 0 Å². The fourth-order valence-electron chi connectivity index (χ4n) is 2.77. The number of H-pyrrole nitrogens is 2. The quantitative estimate of drug-likeness (QED) is 0.565. The first kappa shape index (κ1) is 12.6. The second-order valence-corrected chi connectivity index (χ2v) is 5.19. The summed E-state index contributed by atoms with van der Waals surface area (Å²) in [5, 5.41) is 1.78. The minimum Gasteiger partial charge on any atom is -0.322 e. The van der Waals surface area contributed by atoms with Crippen molar-refractivity contribution in [3.8, 4) is 11.1 Å². The summed E-state index contributed by atoms with van der Waals surface area (Å²) < 4.78 is 0. The molecule has 4 rings (SSSR count). The molecule has 0 bridgehead atoms. The van der Waals surface area contributed by atoms with Gasteiger partial charge in [-0.3, -0.25) is 9.59 Å². The number of aromatic nitrogens is 2. The minimum absolute atomic E-state index is 0.200. The summed E-state index contributed by atoms with van der Waals surface area (Å²) in [7, 11) is 0. The molecule has 4 aromatic rings. The maximum Gasteiger partial charge on any atom is 0.256 e.